The molecule has 3 atom stereocenters. The zero-order chi connectivity index (χ0) is 21.5. The van der Waals surface area contributed by atoms with Gasteiger partial charge in [0.15, 0.2) is 0 Å². The number of benzene rings is 1. The summed E-state index contributed by atoms with van der Waals surface area (Å²) in [5.74, 6) is 0.0456. The van der Waals surface area contributed by atoms with Crippen LogP contribution in [0.25, 0.3) is 0 Å². The van der Waals surface area contributed by atoms with Crippen LogP contribution in [0, 0.1) is 20.8 Å². The van der Waals surface area contributed by atoms with E-state index in [0.717, 1.165) is 35.5 Å². The highest BCUT2D eigenvalue weighted by Gasteiger charge is 2.43. The SMILES string of the molecule is CCCn1nc(C)c(C2CC(C(=O)N3CCC(O)(c4ccc(C)cc4)C3)NN2)c1C. The lowest BCUT2D eigenvalue weighted by atomic mass is 9.92. The number of hydrogen-bond acceptors (Lipinski definition) is 5. The first-order chi connectivity index (χ1) is 14.3. The molecule has 0 bridgehead atoms. The second kappa shape index (κ2) is 8.13. The third kappa shape index (κ3) is 3.77. The van der Waals surface area contributed by atoms with Crippen LogP contribution in [0.5, 0.6) is 0 Å². The Hall–Kier alpha value is -2.22. The van der Waals surface area contributed by atoms with E-state index in [-0.39, 0.29) is 18.0 Å². The van der Waals surface area contributed by atoms with E-state index in [1.807, 2.05) is 38.1 Å². The van der Waals surface area contributed by atoms with Crippen LogP contribution >= 0.6 is 0 Å². The Morgan fingerprint density at radius 3 is 2.67 bits per heavy atom. The van der Waals surface area contributed by atoms with Crippen molar-refractivity contribution in [2.75, 3.05) is 13.1 Å². The summed E-state index contributed by atoms with van der Waals surface area (Å²) in [6.07, 6.45) is 2.28. The molecule has 0 saturated carbocycles. The van der Waals surface area contributed by atoms with E-state index in [0.29, 0.717) is 25.9 Å². The summed E-state index contributed by atoms with van der Waals surface area (Å²) in [4.78, 5) is 15.0. The van der Waals surface area contributed by atoms with Crippen molar-refractivity contribution in [2.45, 2.75) is 71.2 Å². The Morgan fingerprint density at radius 1 is 1.23 bits per heavy atom. The fraction of sp³-hybridized carbons (Fsp3) is 0.565. The molecular formula is C23H33N5O2. The Morgan fingerprint density at radius 2 is 1.97 bits per heavy atom. The molecule has 7 nitrogen and oxygen atoms in total. The topological polar surface area (TPSA) is 82.4 Å². The highest BCUT2D eigenvalue weighted by molar-refractivity contribution is 5.82. The minimum Gasteiger partial charge on any atom is -0.383 e. The number of nitrogens with one attached hydrogen (secondary N) is 2. The predicted octanol–water partition coefficient (Wildman–Crippen LogP) is 2.25. The number of rotatable bonds is 5. The Kier molecular flexibility index (Phi) is 5.70. The number of nitrogens with zero attached hydrogens (tertiary/aromatic N) is 3. The first kappa shape index (κ1) is 21.0. The quantitative estimate of drug-likeness (QED) is 0.703. The molecule has 30 heavy (non-hydrogen) atoms. The van der Waals surface area contributed by atoms with Gasteiger partial charge in [0, 0.05) is 24.3 Å². The number of carbonyl (C=O) groups excluding carboxylic acids is 1. The molecular weight excluding hydrogens is 378 g/mol. The summed E-state index contributed by atoms with van der Waals surface area (Å²) in [6, 6.07) is 7.71. The molecule has 3 heterocycles. The summed E-state index contributed by atoms with van der Waals surface area (Å²) >= 11 is 0. The van der Waals surface area contributed by atoms with Gasteiger partial charge >= 0.3 is 0 Å². The van der Waals surface area contributed by atoms with Crippen molar-refractivity contribution in [2.24, 2.45) is 0 Å². The van der Waals surface area contributed by atoms with Gasteiger partial charge in [-0.3, -0.25) is 9.48 Å². The van der Waals surface area contributed by atoms with Crippen LogP contribution < -0.4 is 10.9 Å². The third-order valence-electron chi connectivity index (χ3n) is 6.57. The molecule has 3 N–H and O–H groups in total. The summed E-state index contributed by atoms with van der Waals surface area (Å²) < 4.78 is 2.06. The summed E-state index contributed by atoms with van der Waals surface area (Å²) in [6.45, 7) is 10.1. The monoisotopic (exact) mass is 411 g/mol. The van der Waals surface area contributed by atoms with Gasteiger partial charge in [-0.2, -0.15) is 5.10 Å². The van der Waals surface area contributed by atoms with E-state index < -0.39 is 5.60 Å². The van der Waals surface area contributed by atoms with Crippen molar-refractivity contribution in [3.63, 3.8) is 0 Å². The molecule has 0 radical (unpaired) electrons. The number of β-amino-alcohol motifs (C(OH)–C–C–N with tert-alkyl or cyclic N) is 1. The smallest absolute Gasteiger partial charge is 0.241 e. The third-order valence-corrected chi connectivity index (χ3v) is 6.57. The molecule has 4 rings (SSSR count). The highest BCUT2D eigenvalue weighted by Crippen LogP contribution is 2.34. The van der Waals surface area contributed by atoms with Gasteiger partial charge in [-0.15, -0.1) is 0 Å². The van der Waals surface area contributed by atoms with Gasteiger partial charge in [-0.1, -0.05) is 36.8 Å². The fourth-order valence-electron chi connectivity index (χ4n) is 4.85. The standard InChI is InChI=1S/C23H33N5O2/c1-5-11-28-17(4)21(16(3)26-28)19-13-20(25-24-19)22(29)27-12-10-23(30,14-27)18-8-6-15(2)7-9-18/h6-9,19-20,24-25,30H,5,10-14H2,1-4H3. The van der Waals surface area contributed by atoms with Gasteiger partial charge in [0.05, 0.1) is 18.3 Å². The number of aliphatic hydroxyl groups is 1. The number of aryl methyl sites for hydroxylation is 3. The molecule has 2 saturated heterocycles. The average molecular weight is 412 g/mol. The van der Waals surface area contributed by atoms with E-state index in [1.165, 1.54) is 5.56 Å². The minimum atomic E-state index is -0.969. The van der Waals surface area contributed by atoms with Crippen LogP contribution in [-0.2, 0) is 16.9 Å². The van der Waals surface area contributed by atoms with Crippen LogP contribution in [-0.4, -0.2) is 44.8 Å². The van der Waals surface area contributed by atoms with E-state index in [9.17, 15) is 9.90 Å². The highest BCUT2D eigenvalue weighted by atomic mass is 16.3. The van der Waals surface area contributed by atoms with E-state index in [1.54, 1.807) is 4.90 Å². The van der Waals surface area contributed by atoms with Crippen molar-refractivity contribution >= 4 is 5.91 Å². The van der Waals surface area contributed by atoms with Crippen molar-refractivity contribution in [3.8, 4) is 0 Å². The van der Waals surface area contributed by atoms with E-state index >= 15 is 0 Å². The molecule has 162 valence electrons. The van der Waals surface area contributed by atoms with Crippen molar-refractivity contribution in [1.29, 1.82) is 0 Å². The molecule has 7 heteroatoms. The normalized spacial score (nSPS) is 26.5. The molecule has 2 fully saturated rings. The largest absolute Gasteiger partial charge is 0.383 e. The number of likely N-dealkylation sites (tertiary alicyclic amines) is 1. The van der Waals surface area contributed by atoms with Crippen molar-refractivity contribution in [3.05, 3.63) is 52.3 Å². The van der Waals surface area contributed by atoms with Gasteiger partial charge in [0.25, 0.3) is 0 Å². The van der Waals surface area contributed by atoms with Crippen molar-refractivity contribution in [1.82, 2.24) is 25.5 Å². The zero-order valence-electron chi connectivity index (χ0n) is 18.4. The van der Waals surface area contributed by atoms with Gasteiger partial charge in [0.2, 0.25) is 5.91 Å². The van der Waals surface area contributed by atoms with E-state index in [4.69, 9.17) is 0 Å². The van der Waals surface area contributed by atoms with Crippen molar-refractivity contribution < 1.29 is 9.90 Å². The Labute approximate surface area is 178 Å². The van der Waals surface area contributed by atoms with Crippen LogP contribution in [0.15, 0.2) is 24.3 Å². The molecule has 0 aliphatic carbocycles. The lowest BCUT2D eigenvalue weighted by Crippen LogP contribution is -2.45. The molecule has 1 aromatic carbocycles. The molecule has 1 amide bonds. The maximum Gasteiger partial charge on any atom is 0.241 e. The summed E-state index contributed by atoms with van der Waals surface area (Å²) in [7, 11) is 0. The fourth-order valence-corrected chi connectivity index (χ4v) is 4.85. The maximum absolute atomic E-state index is 13.2. The molecule has 2 aliphatic heterocycles. The Bertz CT molecular complexity index is 922. The van der Waals surface area contributed by atoms with Gasteiger partial charge in [-0.25, -0.2) is 10.9 Å². The lowest BCUT2D eigenvalue weighted by Gasteiger charge is -2.25. The molecule has 1 aromatic heterocycles. The molecule has 2 aliphatic rings. The second-order valence-electron chi connectivity index (χ2n) is 8.84. The number of hydrogen-bond donors (Lipinski definition) is 3. The van der Waals surface area contributed by atoms with Crippen LogP contribution in [0.2, 0.25) is 0 Å². The number of aromatic nitrogens is 2. The number of carbonyl (C=O) groups is 1. The maximum atomic E-state index is 13.2. The first-order valence-electron chi connectivity index (χ1n) is 11.0. The Balaban J connectivity index is 1.43. The van der Waals surface area contributed by atoms with Crippen LogP contribution in [0.3, 0.4) is 0 Å². The second-order valence-corrected chi connectivity index (χ2v) is 8.84. The van der Waals surface area contributed by atoms with Gasteiger partial charge in [0.1, 0.15) is 11.6 Å². The van der Waals surface area contributed by atoms with Crippen LogP contribution in [0.1, 0.15) is 60.3 Å². The van der Waals surface area contributed by atoms with E-state index in [2.05, 4.69) is 34.5 Å². The lowest BCUT2D eigenvalue weighted by molar-refractivity contribution is -0.133. The van der Waals surface area contributed by atoms with Gasteiger partial charge < -0.3 is 10.0 Å². The van der Waals surface area contributed by atoms with Gasteiger partial charge in [-0.05, 0) is 45.6 Å². The summed E-state index contributed by atoms with van der Waals surface area (Å²) in [5, 5.41) is 15.8. The number of hydrazine groups is 1. The summed E-state index contributed by atoms with van der Waals surface area (Å²) in [5.41, 5.74) is 10.9. The molecule has 0 spiro atoms. The number of amides is 1. The van der Waals surface area contributed by atoms with Crippen LogP contribution in [0.4, 0.5) is 0 Å². The first-order valence-corrected chi connectivity index (χ1v) is 11.0. The molecule has 2 aromatic rings. The average Bonchev–Trinajstić information content (AvgIpc) is 3.41. The molecule has 3 unspecified atom stereocenters. The predicted molar refractivity (Wildman–Crippen MR) is 116 cm³/mol. The zero-order valence-corrected chi connectivity index (χ0v) is 18.4. The minimum absolute atomic E-state index is 0.0456.